The van der Waals surface area contributed by atoms with Gasteiger partial charge in [-0.1, -0.05) is 37.3 Å². The van der Waals surface area contributed by atoms with Crippen LogP contribution in [0, 0.1) is 0 Å². The highest BCUT2D eigenvalue weighted by Gasteiger charge is 2.23. The number of para-hydroxylation sites is 3. The predicted molar refractivity (Wildman–Crippen MR) is 95.3 cm³/mol. The van der Waals surface area contributed by atoms with Gasteiger partial charge in [0.15, 0.2) is 24.2 Å². The predicted octanol–water partition coefficient (Wildman–Crippen LogP) is 2.93. The molecule has 1 unspecified atom stereocenters. The van der Waals surface area contributed by atoms with Gasteiger partial charge in [0.1, 0.15) is 12.4 Å². The number of nitrogens with zero attached hydrogens (tertiary/aromatic N) is 1. The Morgan fingerprint density at radius 3 is 2.68 bits per heavy atom. The highest BCUT2D eigenvalue weighted by atomic mass is 16.6. The van der Waals surface area contributed by atoms with E-state index in [1.54, 1.807) is 11.9 Å². The molecule has 5 heteroatoms. The van der Waals surface area contributed by atoms with Gasteiger partial charge in [-0.2, -0.15) is 0 Å². The van der Waals surface area contributed by atoms with Crippen LogP contribution < -0.4 is 14.2 Å². The molecule has 1 amide bonds. The van der Waals surface area contributed by atoms with Gasteiger partial charge in [0.05, 0.1) is 6.54 Å². The van der Waals surface area contributed by atoms with Gasteiger partial charge in [-0.05, 0) is 30.2 Å². The molecule has 0 saturated heterocycles. The van der Waals surface area contributed by atoms with Gasteiger partial charge in [-0.3, -0.25) is 4.79 Å². The van der Waals surface area contributed by atoms with Gasteiger partial charge < -0.3 is 19.1 Å². The molecule has 0 bridgehead atoms. The SMILES string of the molecule is CCc1ccccc1OCC(=O)N(C)CC1COc2ccccc2O1. The molecule has 0 N–H and O–H groups in total. The average Bonchev–Trinajstić information content (AvgIpc) is 2.66. The number of carbonyl (C=O) groups excluding carboxylic acids is 1. The molecule has 2 aromatic rings. The van der Waals surface area contributed by atoms with Gasteiger partial charge in [-0.25, -0.2) is 0 Å². The second-order valence-electron chi connectivity index (χ2n) is 6.02. The summed E-state index contributed by atoms with van der Waals surface area (Å²) < 4.78 is 17.3. The summed E-state index contributed by atoms with van der Waals surface area (Å²) in [6.45, 7) is 2.95. The topological polar surface area (TPSA) is 48.0 Å². The van der Waals surface area contributed by atoms with Crippen molar-refractivity contribution in [1.29, 1.82) is 0 Å². The average molecular weight is 341 g/mol. The maximum Gasteiger partial charge on any atom is 0.260 e. The standard InChI is InChI=1S/C20H23NO4/c1-3-15-8-4-5-9-17(15)24-14-20(22)21(2)12-16-13-23-18-10-6-7-11-19(18)25-16/h4-11,16H,3,12-14H2,1-2H3. The Hall–Kier alpha value is -2.69. The molecule has 25 heavy (non-hydrogen) atoms. The number of hydrogen-bond acceptors (Lipinski definition) is 4. The fraction of sp³-hybridized carbons (Fsp3) is 0.350. The van der Waals surface area contributed by atoms with Gasteiger partial charge in [0, 0.05) is 7.05 Å². The number of fused-ring (bicyclic) bond motifs is 1. The molecule has 0 fully saturated rings. The quantitative estimate of drug-likeness (QED) is 0.811. The number of hydrogen-bond donors (Lipinski definition) is 0. The van der Waals surface area contributed by atoms with Crippen LogP contribution in [0.4, 0.5) is 0 Å². The molecule has 3 rings (SSSR count). The number of rotatable bonds is 6. The van der Waals surface area contributed by atoms with E-state index in [2.05, 4.69) is 6.92 Å². The Balaban J connectivity index is 1.51. The number of likely N-dealkylation sites (N-methyl/N-ethyl adjacent to an activating group) is 1. The van der Waals surface area contributed by atoms with E-state index in [0.29, 0.717) is 18.9 Å². The Kier molecular flexibility index (Phi) is 5.43. The van der Waals surface area contributed by atoms with Crippen molar-refractivity contribution in [1.82, 2.24) is 4.90 Å². The monoisotopic (exact) mass is 341 g/mol. The van der Waals surface area contributed by atoms with Crippen LogP contribution in [0.2, 0.25) is 0 Å². The maximum atomic E-state index is 12.3. The van der Waals surface area contributed by atoms with E-state index >= 15 is 0 Å². The third kappa shape index (κ3) is 4.24. The Labute approximate surface area is 148 Å². The molecule has 132 valence electrons. The molecule has 1 aliphatic heterocycles. The lowest BCUT2D eigenvalue weighted by molar-refractivity contribution is -0.133. The van der Waals surface area contributed by atoms with Crippen molar-refractivity contribution in [2.45, 2.75) is 19.4 Å². The van der Waals surface area contributed by atoms with Crippen LogP contribution in [-0.4, -0.2) is 43.7 Å². The molecular formula is C20H23NO4. The van der Waals surface area contributed by atoms with E-state index in [0.717, 1.165) is 23.5 Å². The van der Waals surface area contributed by atoms with Gasteiger partial charge in [0.2, 0.25) is 0 Å². The zero-order valence-corrected chi connectivity index (χ0v) is 14.6. The van der Waals surface area contributed by atoms with Crippen molar-refractivity contribution in [3.05, 3.63) is 54.1 Å². The summed E-state index contributed by atoms with van der Waals surface area (Å²) >= 11 is 0. The van der Waals surface area contributed by atoms with E-state index in [1.165, 1.54) is 0 Å². The van der Waals surface area contributed by atoms with E-state index in [1.807, 2.05) is 48.5 Å². The molecule has 5 nitrogen and oxygen atoms in total. The van der Waals surface area contributed by atoms with Crippen molar-refractivity contribution in [3.8, 4) is 17.2 Å². The zero-order chi connectivity index (χ0) is 17.6. The molecule has 0 radical (unpaired) electrons. The smallest absolute Gasteiger partial charge is 0.260 e. The fourth-order valence-electron chi connectivity index (χ4n) is 2.75. The first-order chi connectivity index (χ1) is 12.2. The van der Waals surface area contributed by atoms with Crippen LogP contribution in [0.5, 0.6) is 17.2 Å². The minimum atomic E-state index is -0.188. The first-order valence-electron chi connectivity index (χ1n) is 8.50. The van der Waals surface area contributed by atoms with Crippen molar-refractivity contribution in [3.63, 3.8) is 0 Å². The van der Waals surface area contributed by atoms with Crippen LogP contribution in [0.3, 0.4) is 0 Å². The third-order valence-corrected chi connectivity index (χ3v) is 4.18. The van der Waals surface area contributed by atoms with E-state index in [4.69, 9.17) is 14.2 Å². The molecule has 0 aliphatic carbocycles. The second-order valence-corrected chi connectivity index (χ2v) is 6.02. The lowest BCUT2D eigenvalue weighted by Crippen LogP contribution is -2.43. The second kappa shape index (κ2) is 7.92. The summed E-state index contributed by atoms with van der Waals surface area (Å²) in [6, 6.07) is 15.3. The van der Waals surface area contributed by atoms with Crippen LogP contribution in [0.15, 0.2) is 48.5 Å². The highest BCUT2D eigenvalue weighted by molar-refractivity contribution is 5.77. The van der Waals surface area contributed by atoms with Gasteiger partial charge in [-0.15, -0.1) is 0 Å². The first kappa shape index (κ1) is 17.1. The lowest BCUT2D eigenvalue weighted by Gasteiger charge is -2.29. The molecule has 1 heterocycles. The van der Waals surface area contributed by atoms with Crippen LogP contribution in [0.1, 0.15) is 12.5 Å². The van der Waals surface area contributed by atoms with Crippen molar-refractivity contribution < 1.29 is 19.0 Å². The largest absolute Gasteiger partial charge is 0.486 e. The van der Waals surface area contributed by atoms with Crippen molar-refractivity contribution in [2.24, 2.45) is 0 Å². The molecule has 0 spiro atoms. The van der Waals surface area contributed by atoms with Gasteiger partial charge >= 0.3 is 0 Å². The number of ether oxygens (including phenoxy) is 3. The molecule has 1 aliphatic rings. The normalized spacial score (nSPS) is 15.5. The van der Waals surface area contributed by atoms with Crippen LogP contribution in [0.25, 0.3) is 0 Å². The van der Waals surface area contributed by atoms with Crippen molar-refractivity contribution in [2.75, 3.05) is 26.8 Å². The Bertz CT molecular complexity index is 731. The molecule has 0 aromatic heterocycles. The summed E-state index contributed by atoms with van der Waals surface area (Å²) in [7, 11) is 1.75. The summed E-state index contributed by atoms with van der Waals surface area (Å²) in [5, 5.41) is 0. The minimum Gasteiger partial charge on any atom is -0.486 e. The molecule has 0 saturated carbocycles. The molecule has 2 aromatic carbocycles. The van der Waals surface area contributed by atoms with Gasteiger partial charge in [0.25, 0.3) is 5.91 Å². The van der Waals surface area contributed by atoms with E-state index in [-0.39, 0.29) is 18.6 Å². The van der Waals surface area contributed by atoms with E-state index in [9.17, 15) is 4.79 Å². The number of amides is 1. The molecule has 1 atom stereocenters. The molecular weight excluding hydrogens is 318 g/mol. The summed E-state index contributed by atoms with van der Waals surface area (Å²) in [5.74, 6) is 2.13. The maximum absolute atomic E-state index is 12.3. The third-order valence-electron chi connectivity index (χ3n) is 4.18. The van der Waals surface area contributed by atoms with Crippen molar-refractivity contribution >= 4 is 5.91 Å². The highest BCUT2D eigenvalue weighted by Crippen LogP contribution is 2.30. The lowest BCUT2D eigenvalue weighted by atomic mass is 10.1. The zero-order valence-electron chi connectivity index (χ0n) is 14.6. The number of aryl methyl sites for hydroxylation is 1. The fourth-order valence-corrected chi connectivity index (χ4v) is 2.75. The van der Waals surface area contributed by atoms with E-state index < -0.39 is 0 Å². The minimum absolute atomic E-state index is 0.0116. The van der Waals surface area contributed by atoms with Crippen LogP contribution >= 0.6 is 0 Å². The Morgan fingerprint density at radius 2 is 1.88 bits per heavy atom. The Morgan fingerprint density at radius 1 is 1.16 bits per heavy atom. The number of benzene rings is 2. The number of carbonyl (C=O) groups is 1. The summed E-state index contributed by atoms with van der Waals surface area (Å²) in [5.41, 5.74) is 1.10. The summed E-state index contributed by atoms with van der Waals surface area (Å²) in [6.07, 6.45) is 0.680. The summed E-state index contributed by atoms with van der Waals surface area (Å²) in [4.78, 5) is 14.0. The first-order valence-corrected chi connectivity index (χ1v) is 8.50. The van der Waals surface area contributed by atoms with Crippen LogP contribution in [-0.2, 0) is 11.2 Å².